The van der Waals surface area contributed by atoms with Crippen LogP contribution in [-0.4, -0.2) is 25.8 Å². The fraction of sp³-hybridized carbons (Fsp3) is 0.667. The number of ketones is 1. The molecule has 12 heavy (non-hydrogen) atoms. The molecule has 0 aromatic carbocycles. The predicted octanol–water partition coefficient (Wildman–Crippen LogP) is 1.28. The minimum absolute atomic E-state index is 0.150. The maximum atomic E-state index is 11.0. The van der Waals surface area contributed by atoms with Gasteiger partial charge in [0.15, 0.2) is 11.6 Å². The maximum Gasteiger partial charge on any atom is 0.190 e. The first-order valence-electron chi connectivity index (χ1n) is 3.96. The van der Waals surface area contributed by atoms with Crippen LogP contribution in [0.15, 0.2) is 11.6 Å². The quantitative estimate of drug-likeness (QED) is 0.586. The zero-order valence-corrected chi connectivity index (χ0v) is 7.72. The average Bonchev–Trinajstić information content (AvgIpc) is 2.06. The van der Waals surface area contributed by atoms with E-state index in [4.69, 9.17) is 9.47 Å². The van der Waals surface area contributed by atoms with Gasteiger partial charge in [-0.15, -0.1) is 0 Å². The Kier molecular flexibility index (Phi) is 2.65. The molecule has 0 aromatic rings. The number of rotatable bonds is 2. The van der Waals surface area contributed by atoms with Crippen LogP contribution in [0.3, 0.4) is 0 Å². The van der Waals surface area contributed by atoms with E-state index in [0.717, 1.165) is 5.57 Å². The molecule has 0 unspecified atom stereocenters. The van der Waals surface area contributed by atoms with Gasteiger partial charge in [0.05, 0.1) is 0 Å². The summed E-state index contributed by atoms with van der Waals surface area (Å²) in [5.74, 6) is -0.509. The number of carbonyl (C=O) groups excluding carboxylic acids is 1. The summed E-state index contributed by atoms with van der Waals surface area (Å²) in [6.07, 6.45) is 2.71. The Morgan fingerprint density at radius 1 is 1.42 bits per heavy atom. The molecule has 0 amide bonds. The molecule has 0 fully saturated rings. The van der Waals surface area contributed by atoms with Gasteiger partial charge in [-0.25, -0.2) is 0 Å². The topological polar surface area (TPSA) is 35.5 Å². The van der Waals surface area contributed by atoms with E-state index in [0.29, 0.717) is 12.8 Å². The first-order chi connectivity index (χ1) is 5.64. The smallest absolute Gasteiger partial charge is 0.190 e. The number of hydrogen-bond donors (Lipinski definition) is 0. The van der Waals surface area contributed by atoms with Gasteiger partial charge in [-0.1, -0.05) is 0 Å². The largest absolute Gasteiger partial charge is 0.349 e. The van der Waals surface area contributed by atoms with Gasteiger partial charge in [0, 0.05) is 27.1 Å². The second-order valence-corrected chi connectivity index (χ2v) is 2.95. The number of methoxy groups -OCH3 is 2. The lowest BCUT2D eigenvalue weighted by Crippen LogP contribution is -2.38. The highest BCUT2D eigenvalue weighted by atomic mass is 16.7. The van der Waals surface area contributed by atoms with Crippen LogP contribution in [0.25, 0.3) is 0 Å². The zero-order chi connectivity index (χ0) is 9.19. The molecule has 0 radical (unpaired) electrons. The van der Waals surface area contributed by atoms with Crippen LogP contribution >= 0.6 is 0 Å². The third-order valence-corrected chi connectivity index (χ3v) is 2.34. The van der Waals surface area contributed by atoms with Gasteiger partial charge < -0.3 is 9.47 Å². The summed E-state index contributed by atoms with van der Waals surface area (Å²) >= 11 is 0. The molecular weight excluding hydrogens is 156 g/mol. The molecule has 0 atom stereocenters. The van der Waals surface area contributed by atoms with Crippen molar-refractivity contribution in [2.24, 2.45) is 0 Å². The van der Waals surface area contributed by atoms with Crippen LogP contribution in [0.5, 0.6) is 0 Å². The van der Waals surface area contributed by atoms with Crippen molar-refractivity contribution in [2.75, 3.05) is 14.2 Å². The van der Waals surface area contributed by atoms with Gasteiger partial charge in [-0.2, -0.15) is 0 Å². The SMILES string of the molecule is COC1(OC)CCC(=O)C=C1C. The van der Waals surface area contributed by atoms with Gasteiger partial charge in [0.1, 0.15) is 0 Å². The number of ether oxygens (including phenoxy) is 2. The molecule has 0 saturated heterocycles. The molecule has 0 spiro atoms. The highest BCUT2D eigenvalue weighted by molar-refractivity contribution is 5.91. The molecule has 3 nitrogen and oxygen atoms in total. The van der Waals surface area contributed by atoms with Gasteiger partial charge in [0.25, 0.3) is 0 Å². The predicted molar refractivity (Wildman–Crippen MR) is 44.7 cm³/mol. The van der Waals surface area contributed by atoms with Crippen LogP contribution in [0.1, 0.15) is 19.8 Å². The minimum atomic E-state index is -0.659. The summed E-state index contributed by atoms with van der Waals surface area (Å²) in [7, 11) is 3.19. The van der Waals surface area contributed by atoms with Crippen LogP contribution in [0, 0.1) is 0 Å². The first-order valence-corrected chi connectivity index (χ1v) is 3.96. The van der Waals surface area contributed by atoms with E-state index < -0.39 is 5.79 Å². The van der Waals surface area contributed by atoms with Crippen LogP contribution in [0.4, 0.5) is 0 Å². The van der Waals surface area contributed by atoms with Crippen molar-refractivity contribution in [3.05, 3.63) is 11.6 Å². The number of allylic oxidation sites excluding steroid dienone is 1. The molecule has 1 aliphatic rings. The Morgan fingerprint density at radius 2 is 2.00 bits per heavy atom. The summed E-state index contributed by atoms with van der Waals surface area (Å²) in [5, 5.41) is 0. The van der Waals surface area contributed by atoms with E-state index >= 15 is 0 Å². The van der Waals surface area contributed by atoms with E-state index in [1.54, 1.807) is 20.3 Å². The number of hydrogen-bond acceptors (Lipinski definition) is 3. The molecule has 3 heteroatoms. The molecule has 0 heterocycles. The Balaban J connectivity index is 2.92. The minimum Gasteiger partial charge on any atom is -0.349 e. The standard InChI is InChI=1S/C9H14O3/c1-7-6-8(10)4-5-9(7,11-2)12-3/h6H,4-5H2,1-3H3. The van der Waals surface area contributed by atoms with Crippen molar-refractivity contribution < 1.29 is 14.3 Å². The van der Waals surface area contributed by atoms with Crippen molar-refractivity contribution in [3.8, 4) is 0 Å². The molecule has 68 valence electrons. The second-order valence-electron chi connectivity index (χ2n) is 2.95. The number of carbonyl (C=O) groups is 1. The zero-order valence-electron chi connectivity index (χ0n) is 7.72. The van der Waals surface area contributed by atoms with E-state index in [1.807, 2.05) is 6.92 Å². The summed E-state index contributed by atoms with van der Waals surface area (Å²) in [6, 6.07) is 0. The van der Waals surface area contributed by atoms with E-state index in [2.05, 4.69) is 0 Å². The fourth-order valence-electron chi connectivity index (χ4n) is 1.52. The summed E-state index contributed by atoms with van der Waals surface area (Å²) in [5.41, 5.74) is 0.851. The molecule has 1 aliphatic carbocycles. The monoisotopic (exact) mass is 170 g/mol. The lowest BCUT2D eigenvalue weighted by molar-refractivity contribution is -0.186. The van der Waals surface area contributed by atoms with Gasteiger partial charge in [0.2, 0.25) is 0 Å². The summed E-state index contributed by atoms with van der Waals surface area (Å²) in [6.45, 7) is 1.85. The summed E-state index contributed by atoms with van der Waals surface area (Å²) in [4.78, 5) is 11.0. The second kappa shape index (κ2) is 3.37. The van der Waals surface area contributed by atoms with Crippen molar-refractivity contribution in [2.45, 2.75) is 25.6 Å². The van der Waals surface area contributed by atoms with Gasteiger partial charge >= 0.3 is 0 Å². The van der Waals surface area contributed by atoms with Crippen molar-refractivity contribution in [3.63, 3.8) is 0 Å². The molecule has 0 saturated carbocycles. The Morgan fingerprint density at radius 3 is 2.42 bits per heavy atom. The van der Waals surface area contributed by atoms with E-state index in [-0.39, 0.29) is 5.78 Å². The van der Waals surface area contributed by atoms with Gasteiger partial charge in [-0.05, 0) is 18.6 Å². The van der Waals surface area contributed by atoms with Crippen LogP contribution in [-0.2, 0) is 14.3 Å². The maximum absolute atomic E-state index is 11.0. The highest BCUT2D eigenvalue weighted by Gasteiger charge is 2.35. The highest BCUT2D eigenvalue weighted by Crippen LogP contribution is 2.30. The molecule has 0 aromatic heterocycles. The van der Waals surface area contributed by atoms with Crippen LogP contribution in [0.2, 0.25) is 0 Å². The molecule has 0 bridgehead atoms. The Hall–Kier alpha value is -0.670. The van der Waals surface area contributed by atoms with Crippen molar-refractivity contribution >= 4 is 5.78 Å². The first kappa shape index (κ1) is 9.42. The average molecular weight is 170 g/mol. The molecule has 0 N–H and O–H groups in total. The molecule has 0 aliphatic heterocycles. The lowest BCUT2D eigenvalue weighted by atomic mass is 9.93. The molecule has 1 rings (SSSR count). The third kappa shape index (κ3) is 1.42. The third-order valence-electron chi connectivity index (χ3n) is 2.34. The normalized spacial score (nSPS) is 22.2. The Bertz CT molecular complexity index is 214. The van der Waals surface area contributed by atoms with Crippen molar-refractivity contribution in [1.82, 2.24) is 0 Å². The Labute approximate surface area is 72.4 Å². The van der Waals surface area contributed by atoms with Gasteiger partial charge in [-0.3, -0.25) is 4.79 Å². The lowest BCUT2D eigenvalue weighted by Gasteiger charge is -2.33. The van der Waals surface area contributed by atoms with E-state index in [9.17, 15) is 4.79 Å². The van der Waals surface area contributed by atoms with Crippen LogP contribution < -0.4 is 0 Å². The summed E-state index contributed by atoms with van der Waals surface area (Å²) < 4.78 is 10.5. The molecular formula is C9H14O3. The van der Waals surface area contributed by atoms with E-state index in [1.165, 1.54) is 0 Å². The fourth-order valence-corrected chi connectivity index (χ4v) is 1.52. The van der Waals surface area contributed by atoms with Crippen molar-refractivity contribution in [1.29, 1.82) is 0 Å².